The summed E-state index contributed by atoms with van der Waals surface area (Å²) in [4.78, 5) is 10.4. The van der Waals surface area contributed by atoms with Crippen LogP contribution >= 0.6 is 15.9 Å². The molecule has 0 aromatic heterocycles. The Morgan fingerprint density at radius 1 is 1.21 bits per heavy atom. The molecule has 0 amide bonds. The van der Waals surface area contributed by atoms with Crippen LogP contribution in [-0.2, 0) is 6.61 Å². The molecule has 0 bridgehead atoms. The third-order valence-corrected chi connectivity index (χ3v) is 2.97. The number of ether oxygens (including phenoxy) is 1. The summed E-state index contributed by atoms with van der Waals surface area (Å²) >= 11 is 3.24. The zero-order chi connectivity index (χ0) is 13.8. The maximum atomic E-state index is 10.9. The lowest BCUT2D eigenvalue weighted by molar-refractivity contribution is -0.385. The van der Waals surface area contributed by atoms with Gasteiger partial charge in [0.2, 0.25) is 5.75 Å². The second-order valence-corrected chi connectivity index (χ2v) is 4.65. The number of nitro groups is 1. The van der Waals surface area contributed by atoms with Crippen LogP contribution in [0.4, 0.5) is 5.69 Å². The van der Waals surface area contributed by atoms with Crippen molar-refractivity contribution in [3.63, 3.8) is 0 Å². The first-order valence-corrected chi connectivity index (χ1v) is 6.21. The lowest BCUT2D eigenvalue weighted by Gasteiger charge is -2.09. The Labute approximate surface area is 117 Å². The molecule has 0 saturated carbocycles. The molecule has 0 atom stereocenters. The molecule has 0 radical (unpaired) electrons. The van der Waals surface area contributed by atoms with E-state index in [0.717, 1.165) is 0 Å². The Kier molecular flexibility index (Phi) is 4.13. The van der Waals surface area contributed by atoms with Crippen molar-refractivity contribution in [2.45, 2.75) is 6.61 Å². The van der Waals surface area contributed by atoms with Crippen LogP contribution < -0.4 is 4.74 Å². The molecular formula is C13H10BrNO4. The number of aliphatic hydroxyl groups excluding tert-OH is 1. The molecule has 5 nitrogen and oxygen atoms in total. The van der Waals surface area contributed by atoms with E-state index < -0.39 is 4.92 Å². The van der Waals surface area contributed by atoms with E-state index in [1.54, 1.807) is 30.3 Å². The third-order valence-electron chi connectivity index (χ3n) is 2.48. The zero-order valence-corrected chi connectivity index (χ0v) is 11.3. The highest BCUT2D eigenvalue weighted by Crippen LogP contribution is 2.35. The van der Waals surface area contributed by atoms with Crippen LogP contribution in [-0.4, -0.2) is 10.0 Å². The van der Waals surface area contributed by atoms with Gasteiger partial charge < -0.3 is 9.84 Å². The van der Waals surface area contributed by atoms with E-state index in [9.17, 15) is 15.2 Å². The van der Waals surface area contributed by atoms with Gasteiger partial charge in [-0.05, 0) is 12.1 Å². The first-order chi connectivity index (χ1) is 9.11. The quantitative estimate of drug-likeness (QED) is 0.688. The molecule has 0 spiro atoms. The summed E-state index contributed by atoms with van der Waals surface area (Å²) in [6, 6.07) is 11.3. The molecular weight excluding hydrogens is 314 g/mol. The Hall–Kier alpha value is -1.92. The fraction of sp³-hybridized carbons (Fsp3) is 0.0769. The number of benzene rings is 2. The molecule has 0 aliphatic carbocycles. The molecule has 1 N–H and O–H groups in total. The van der Waals surface area contributed by atoms with Gasteiger partial charge in [-0.3, -0.25) is 10.1 Å². The van der Waals surface area contributed by atoms with E-state index in [1.807, 2.05) is 0 Å². The Bertz CT molecular complexity index is 615. The summed E-state index contributed by atoms with van der Waals surface area (Å²) in [5, 5.41) is 20.1. The maximum Gasteiger partial charge on any atom is 0.311 e. The third kappa shape index (κ3) is 3.10. The molecule has 2 rings (SSSR count). The van der Waals surface area contributed by atoms with Gasteiger partial charge in [-0.15, -0.1) is 0 Å². The van der Waals surface area contributed by atoms with Gasteiger partial charge in [0.1, 0.15) is 5.75 Å². The van der Waals surface area contributed by atoms with E-state index in [-0.39, 0.29) is 18.0 Å². The average molecular weight is 324 g/mol. The Morgan fingerprint density at radius 3 is 2.63 bits per heavy atom. The standard InChI is InChI=1S/C13H10BrNO4/c14-10-5-6-11(15(17)18)13(7-10)19-12-4-2-1-3-9(12)8-16/h1-7,16H,8H2. The lowest BCUT2D eigenvalue weighted by atomic mass is 10.2. The number of para-hydroxylation sites is 1. The van der Waals surface area contributed by atoms with Crippen LogP contribution in [0.25, 0.3) is 0 Å². The molecule has 0 heterocycles. The summed E-state index contributed by atoms with van der Waals surface area (Å²) in [5.74, 6) is 0.520. The van der Waals surface area contributed by atoms with Gasteiger partial charge in [0, 0.05) is 22.2 Å². The first kappa shape index (κ1) is 13.5. The van der Waals surface area contributed by atoms with Gasteiger partial charge in [-0.25, -0.2) is 0 Å². The van der Waals surface area contributed by atoms with Crippen molar-refractivity contribution < 1.29 is 14.8 Å². The molecule has 0 aliphatic rings. The van der Waals surface area contributed by atoms with Gasteiger partial charge in [0.05, 0.1) is 11.5 Å². The minimum atomic E-state index is -0.511. The van der Waals surface area contributed by atoms with Gasteiger partial charge in [-0.1, -0.05) is 34.1 Å². The van der Waals surface area contributed by atoms with Crippen LogP contribution in [0.2, 0.25) is 0 Å². The normalized spacial score (nSPS) is 10.2. The summed E-state index contributed by atoms with van der Waals surface area (Å²) in [6.45, 7) is -0.196. The molecule has 0 saturated heterocycles. The van der Waals surface area contributed by atoms with E-state index in [2.05, 4.69) is 15.9 Å². The van der Waals surface area contributed by atoms with Gasteiger partial charge in [0.15, 0.2) is 0 Å². The molecule has 6 heteroatoms. The minimum Gasteiger partial charge on any atom is -0.450 e. The Morgan fingerprint density at radius 2 is 1.95 bits per heavy atom. The van der Waals surface area contributed by atoms with Crippen LogP contribution in [0.5, 0.6) is 11.5 Å². The van der Waals surface area contributed by atoms with Crippen LogP contribution in [0, 0.1) is 10.1 Å². The monoisotopic (exact) mass is 323 g/mol. The predicted octanol–water partition coefficient (Wildman–Crippen LogP) is 3.64. The predicted molar refractivity (Wildman–Crippen MR) is 73.2 cm³/mol. The highest BCUT2D eigenvalue weighted by atomic mass is 79.9. The second-order valence-electron chi connectivity index (χ2n) is 3.74. The Balaban J connectivity index is 2.42. The summed E-state index contributed by atoms with van der Waals surface area (Å²) in [5.41, 5.74) is 0.438. The fourth-order valence-corrected chi connectivity index (χ4v) is 1.91. The maximum absolute atomic E-state index is 10.9. The van der Waals surface area contributed by atoms with E-state index in [1.165, 1.54) is 12.1 Å². The number of rotatable bonds is 4. The summed E-state index contributed by atoms with van der Waals surface area (Å²) in [6.07, 6.45) is 0. The number of hydrogen-bond donors (Lipinski definition) is 1. The number of halogens is 1. The minimum absolute atomic E-state index is 0.125. The van der Waals surface area contributed by atoms with Crippen molar-refractivity contribution in [2.24, 2.45) is 0 Å². The van der Waals surface area contributed by atoms with Crippen molar-refractivity contribution in [3.8, 4) is 11.5 Å². The zero-order valence-electron chi connectivity index (χ0n) is 9.75. The molecule has 98 valence electrons. The van der Waals surface area contributed by atoms with E-state index in [4.69, 9.17) is 4.74 Å². The van der Waals surface area contributed by atoms with Crippen molar-refractivity contribution in [3.05, 3.63) is 62.6 Å². The number of hydrogen-bond acceptors (Lipinski definition) is 4. The molecule has 0 unspecified atom stereocenters. The molecule has 0 fully saturated rings. The highest BCUT2D eigenvalue weighted by molar-refractivity contribution is 9.10. The van der Waals surface area contributed by atoms with Gasteiger partial charge in [0.25, 0.3) is 0 Å². The van der Waals surface area contributed by atoms with Crippen molar-refractivity contribution in [2.75, 3.05) is 0 Å². The van der Waals surface area contributed by atoms with E-state index >= 15 is 0 Å². The number of nitrogens with zero attached hydrogens (tertiary/aromatic N) is 1. The highest BCUT2D eigenvalue weighted by Gasteiger charge is 2.17. The molecule has 2 aromatic rings. The van der Waals surface area contributed by atoms with Crippen LogP contribution in [0.1, 0.15) is 5.56 Å². The van der Waals surface area contributed by atoms with Gasteiger partial charge in [-0.2, -0.15) is 0 Å². The largest absolute Gasteiger partial charge is 0.450 e. The average Bonchev–Trinajstić information content (AvgIpc) is 2.39. The topological polar surface area (TPSA) is 72.6 Å². The van der Waals surface area contributed by atoms with E-state index in [0.29, 0.717) is 15.8 Å². The molecule has 19 heavy (non-hydrogen) atoms. The molecule has 0 aliphatic heterocycles. The number of nitro benzene ring substituents is 1. The van der Waals surface area contributed by atoms with Crippen molar-refractivity contribution in [1.82, 2.24) is 0 Å². The van der Waals surface area contributed by atoms with Crippen LogP contribution in [0.15, 0.2) is 46.9 Å². The SMILES string of the molecule is O=[N+]([O-])c1ccc(Br)cc1Oc1ccccc1CO. The first-order valence-electron chi connectivity index (χ1n) is 5.42. The summed E-state index contributed by atoms with van der Waals surface area (Å²) < 4.78 is 6.22. The number of aliphatic hydroxyl groups is 1. The van der Waals surface area contributed by atoms with Gasteiger partial charge >= 0.3 is 5.69 Å². The fourth-order valence-electron chi connectivity index (χ4n) is 1.57. The second kappa shape index (κ2) is 5.81. The lowest BCUT2D eigenvalue weighted by Crippen LogP contribution is -1.96. The smallest absolute Gasteiger partial charge is 0.311 e. The van der Waals surface area contributed by atoms with Crippen molar-refractivity contribution in [1.29, 1.82) is 0 Å². The molecule has 2 aromatic carbocycles. The van der Waals surface area contributed by atoms with Crippen molar-refractivity contribution >= 4 is 21.6 Å². The summed E-state index contributed by atoms with van der Waals surface area (Å²) in [7, 11) is 0. The van der Waals surface area contributed by atoms with Crippen LogP contribution in [0.3, 0.4) is 0 Å².